The van der Waals surface area contributed by atoms with E-state index >= 15 is 0 Å². The Hall–Kier alpha value is 0.0569. The molecular formula is C16H34N2O2Si. The van der Waals surface area contributed by atoms with Crippen molar-refractivity contribution in [2.24, 2.45) is 11.8 Å². The minimum absolute atomic E-state index is 0.710. The van der Waals surface area contributed by atoms with Gasteiger partial charge in [-0.25, -0.2) is 0 Å². The van der Waals surface area contributed by atoms with Crippen LogP contribution in [0.1, 0.15) is 65.2 Å². The molecule has 2 rings (SSSR count). The Labute approximate surface area is 131 Å². The fraction of sp³-hybridized carbons (Fsp3) is 1.00. The fourth-order valence-corrected chi connectivity index (χ4v) is 6.25. The Morgan fingerprint density at radius 3 is 1.48 bits per heavy atom. The molecule has 0 radical (unpaired) electrons. The lowest BCUT2D eigenvalue weighted by Gasteiger charge is -2.32. The molecule has 0 aromatic carbocycles. The largest absolute Gasteiger partial charge is 0.516 e. The van der Waals surface area contributed by atoms with Crippen molar-refractivity contribution in [3.63, 3.8) is 0 Å². The molecule has 0 aliphatic heterocycles. The molecule has 2 N–H and O–H groups in total. The Bertz CT molecular complexity index is 251. The van der Waals surface area contributed by atoms with E-state index in [0.717, 1.165) is 24.9 Å². The first kappa shape index (κ1) is 17.4. The summed E-state index contributed by atoms with van der Waals surface area (Å²) in [7, 11) is -2.43. The normalized spacial score (nSPS) is 21.4. The highest BCUT2D eigenvalue weighted by molar-refractivity contribution is 6.62. The average Bonchev–Trinajstić information content (AvgIpc) is 3.17. The van der Waals surface area contributed by atoms with Crippen LogP contribution in [0.15, 0.2) is 0 Å². The fourth-order valence-electron chi connectivity index (χ4n) is 3.70. The Kier molecular flexibility index (Phi) is 7.67. The third-order valence-corrected chi connectivity index (χ3v) is 7.62. The molecule has 21 heavy (non-hydrogen) atoms. The van der Waals surface area contributed by atoms with Gasteiger partial charge in [-0.1, -0.05) is 25.7 Å². The lowest BCUT2D eigenvalue weighted by Crippen LogP contribution is -2.68. The van der Waals surface area contributed by atoms with Gasteiger partial charge in [-0.2, -0.15) is 0 Å². The van der Waals surface area contributed by atoms with E-state index in [9.17, 15) is 0 Å². The lowest BCUT2D eigenvalue weighted by atomic mass is 10.1. The summed E-state index contributed by atoms with van der Waals surface area (Å²) in [5, 5.41) is 0. The highest BCUT2D eigenvalue weighted by atomic mass is 28.4. The van der Waals surface area contributed by atoms with Gasteiger partial charge in [0.15, 0.2) is 0 Å². The summed E-state index contributed by atoms with van der Waals surface area (Å²) in [6, 6.07) is 0. The Morgan fingerprint density at radius 1 is 0.762 bits per heavy atom. The minimum Gasteiger partial charge on any atom is -0.371 e. The Morgan fingerprint density at radius 2 is 1.14 bits per heavy atom. The van der Waals surface area contributed by atoms with E-state index in [2.05, 4.69) is 23.8 Å². The van der Waals surface area contributed by atoms with Crippen molar-refractivity contribution in [1.29, 1.82) is 0 Å². The van der Waals surface area contributed by atoms with Gasteiger partial charge >= 0.3 is 8.88 Å². The van der Waals surface area contributed by atoms with Gasteiger partial charge in [0.1, 0.15) is 0 Å². The van der Waals surface area contributed by atoms with Crippen LogP contribution >= 0.6 is 0 Å². The average molecular weight is 315 g/mol. The van der Waals surface area contributed by atoms with E-state index < -0.39 is 8.88 Å². The zero-order valence-electron chi connectivity index (χ0n) is 14.0. The van der Waals surface area contributed by atoms with Crippen LogP contribution in [0.3, 0.4) is 0 Å². The van der Waals surface area contributed by atoms with Gasteiger partial charge in [-0.3, -0.25) is 9.96 Å². The van der Waals surface area contributed by atoms with Crippen LogP contribution in [0.4, 0.5) is 0 Å². The summed E-state index contributed by atoms with van der Waals surface area (Å²) in [6.07, 6.45) is 11.0. The molecule has 0 unspecified atom stereocenters. The molecule has 0 heterocycles. The minimum atomic E-state index is -2.43. The van der Waals surface area contributed by atoms with Gasteiger partial charge in [0.2, 0.25) is 0 Å². The molecule has 0 aromatic rings. The van der Waals surface area contributed by atoms with E-state index in [1.54, 1.807) is 0 Å². The van der Waals surface area contributed by atoms with E-state index in [4.69, 9.17) is 8.85 Å². The molecule has 5 heteroatoms. The highest BCUT2D eigenvalue weighted by Crippen LogP contribution is 2.25. The van der Waals surface area contributed by atoms with Gasteiger partial charge in [0, 0.05) is 13.2 Å². The smallest absolute Gasteiger partial charge is 0.371 e. The third-order valence-electron chi connectivity index (χ3n) is 4.89. The van der Waals surface area contributed by atoms with E-state index in [1.165, 1.54) is 51.4 Å². The molecule has 0 bridgehead atoms. The summed E-state index contributed by atoms with van der Waals surface area (Å²) in [6.45, 7) is 7.64. The summed E-state index contributed by atoms with van der Waals surface area (Å²) >= 11 is 0. The lowest BCUT2D eigenvalue weighted by molar-refractivity contribution is 0.155. The van der Waals surface area contributed by atoms with Crippen molar-refractivity contribution < 1.29 is 8.85 Å². The van der Waals surface area contributed by atoms with Crippen LogP contribution in [-0.2, 0) is 8.85 Å². The van der Waals surface area contributed by atoms with Crippen LogP contribution in [0.25, 0.3) is 0 Å². The van der Waals surface area contributed by atoms with E-state index in [0.29, 0.717) is 13.2 Å². The van der Waals surface area contributed by atoms with Crippen LogP contribution in [0, 0.1) is 11.8 Å². The summed E-state index contributed by atoms with van der Waals surface area (Å²) in [4.78, 5) is 7.37. The van der Waals surface area contributed by atoms with Crippen LogP contribution in [-0.4, -0.2) is 35.2 Å². The van der Waals surface area contributed by atoms with Gasteiger partial charge in [0.05, 0.1) is 0 Å². The first-order valence-corrected chi connectivity index (χ1v) is 10.9. The second-order valence-corrected chi connectivity index (χ2v) is 9.06. The monoisotopic (exact) mass is 314 g/mol. The molecule has 2 aliphatic carbocycles. The summed E-state index contributed by atoms with van der Waals surface area (Å²) < 4.78 is 12.2. The van der Waals surface area contributed by atoms with Gasteiger partial charge in [-0.15, -0.1) is 0 Å². The zero-order valence-corrected chi connectivity index (χ0v) is 15.0. The second-order valence-electron chi connectivity index (χ2n) is 6.55. The predicted octanol–water partition coefficient (Wildman–Crippen LogP) is 3.05. The van der Waals surface area contributed by atoms with Crippen LogP contribution < -0.4 is 9.96 Å². The molecule has 0 saturated heterocycles. The van der Waals surface area contributed by atoms with Gasteiger partial charge in [-0.05, 0) is 64.5 Å². The van der Waals surface area contributed by atoms with Crippen LogP contribution in [0.5, 0.6) is 0 Å². The molecule has 2 fully saturated rings. The van der Waals surface area contributed by atoms with Crippen molar-refractivity contribution in [3.8, 4) is 0 Å². The van der Waals surface area contributed by atoms with Gasteiger partial charge in [0.25, 0.3) is 0 Å². The second kappa shape index (κ2) is 9.25. The molecule has 124 valence electrons. The molecular weight excluding hydrogens is 280 g/mol. The summed E-state index contributed by atoms with van der Waals surface area (Å²) in [5.74, 6) is 1.62. The molecule has 0 atom stereocenters. The maximum Gasteiger partial charge on any atom is 0.516 e. The number of hydrogen-bond acceptors (Lipinski definition) is 4. The molecule has 0 spiro atoms. The molecule has 2 saturated carbocycles. The predicted molar refractivity (Wildman–Crippen MR) is 88.9 cm³/mol. The third kappa shape index (κ3) is 5.64. The topological polar surface area (TPSA) is 42.5 Å². The first-order valence-electron chi connectivity index (χ1n) is 9.06. The van der Waals surface area contributed by atoms with E-state index in [-0.39, 0.29) is 0 Å². The maximum absolute atomic E-state index is 6.08. The highest BCUT2D eigenvalue weighted by Gasteiger charge is 2.40. The van der Waals surface area contributed by atoms with E-state index in [1.807, 2.05) is 0 Å². The quantitative estimate of drug-likeness (QED) is 0.608. The standard InChI is InChI=1S/C16H34N2O2Si/c1-3-19-21(20-4-2,17-13-15-9-5-6-10-15)18-14-16-11-7-8-12-16/h15-18H,3-14H2,1-2H3. The van der Waals surface area contributed by atoms with Crippen LogP contribution in [0.2, 0.25) is 0 Å². The number of nitrogens with one attached hydrogen (secondary N) is 2. The van der Waals surface area contributed by atoms with Crippen molar-refractivity contribution in [3.05, 3.63) is 0 Å². The Balaban J connectivity index is 1.86. The van der Waals surface area contributed by atoms with Gasteiger partial charge < -0.3 is 8.85 Å². The molecule has 2 aliphatic rings. The van der Waals surface area contributed by atoms with Crippen molar-refractivity contribution in [2.75, 3.05) is 26.3 Å². The van der Waals surface area contributed by atoms with Crippen molar-refractivity contribution in [2.45, 2.75) is 65.2 Å². The first-order chi connectivity index (χ1) is 10.3. The van der Waals surface area contributed by atoms with Crippen molar-refractivity contribution in [1.82, 2.24) is 9.96 Å². The number of rotatable bonds is 10. The molecule has 4 nitrogen and oxygen atoms in total. The van der Waals surface area contributed by atoms with Crippen molar-refractivity contribution >= 4 is 8.88 Å². The zero-order chi connectivity index (χ0) is 15.0. The summed E-state index contributed by atoms with van der Waals surface area (Å²) in [5.41, 5.74) is 0. The number of hydrogen-bond donors (Lipinski definition) is 2. The maximum atomic E-state index is 6.08. The SMILES string of the molecule is CCO[Si](NCC1CCCC1)(NCC1CCCC1)OCC. The molecule has 0 aromatic heterocycles. The molecule has 0 amide bonds.